The highest BCUT2D eigenvalue weighted by atomic mass is 16.5. The van der Waals surface area contributed by atoms with Gasteiger partial charge < -0.3 is 34.2 Å². The van der Waals surface area contributed by atoms with Crippen LogP contribution >= 0.6 is 0 Å². The largest absolute Gasteiger partial charge is 0.490 e. The van der Waals surface area contributed by atoms with E-state index >= 15 is 0 Å². The number of carbonyl (C=O) groups excluding carboxylic acids is 2. The van der Waals surface area contributed by atoms with Crippen LogP contribution in [0.25, 0.3) is 0 Å². The van der Waals surface area contributed by atoms with Crippen molar-refractivity contribution in [2.75, 3.05) is 73.0 Å². The normalized spacial score (nSPS) is 22.1. The first kappa shape index (κ1) is 32.8. The third kappa shape index (κ3) is 10.3. The maximum atomic E-state index is 14.1. The van der Waals surface area contributed by atoms with Crippen LogP contribution in [0.4, 0.5) is 5.69 Å². The molecule has 0 unspecified atom stereocenters. The lowest BCUT2D eigenvalue weighted by atomic mass is 10.0. The number of rotatable bonds is 9. The van der Waals surface area contributed by atoms with Gasteiger partial charge in [0.2, 0.25) is 5.91 Å². The summed E-state index contributed by atoms with van der Waals surface area (Å²) in [5.74, 6) is 0.412. The van der Waals surface area contributed by atoms with E-state index in [1.165, 1.54) is 0 Å². The van der Waals surface area contributed by atoms with E-state index in [-0.39, 0.29) is 36.5 Å². The highest BCUT2D eigenvalue weighted by Crippen LogP contribution is 2.29. The molecule has 0 fully saturated rings. The van der Waals surface area contributed by atoms with Gasteiger partial charge in [-0.05, 0) is 78.4 Å². The van der Waals surface area contributed by atoms with Crippen LogP contribution in [0, 0.1) is 5.92 Å². The van der Waals surface area contributed by atoms with E-state index in [1.807, 2.05) is 72.2 Å². The topological polar surface area (TPSA) is 85.8 Å². The Morgan fingerprint density at radius 1 is 1.15 bits per heavy atom. The predicted molar refractivity (Wildman–Crippen MR) is 157 cm³/mol. The minimum atomic E-state index is -0.396. The smallest absolute Gasteiger partial charge is 0.258 e. The summed E-state index contributed by atoms with van der Waals surface area (Å²) < 4.78 is 12.6. The molecule has 0 saturated heterocycles. The summed E-state index contributed by atoms with van der Waals surface area (Å²) in [5, 5.41) is 10.1. The number of hydrogen-bond donors (Lipinski definition) is 1. The number of aliphatic hydroxyl groups excluding tert-OH is 1. The lowest BCUT2D eigenvalue weighted by Crippen LogP contribution is -2.48. The molecule has 1 heterocycles. The Hall–Kier alpha value is -2.36. The zero-order valence-electron chi connectivity index (χ0n) is 25.5. The molecule has 0 aliphatic carbocycles. The minimum absolute atomic E-state index is 0.0611. The molecule has 2 rings (SSSR count). The van der Waals surface area contributed by atoms with Gasteiger partial charge in [0.25, 0.3) is 5.91 Å². The van der Waals surface area contributed by atoms with Gasteiger partial charge in [-0.2, -0.15) is 0 Å². The Morgan fingerprint density at radius 3 is 2.51 bits per heavy atom. The number of ether oxygens (including phenoxy) is 2. The molecule has 1 aliphatic rings. The van der Waals surface area contributed by atoms with E-state index in [0.29, 0.717) is 37.4 Å². The Labute approximate surface area is 236 Å². The van der Waals surface area contributed by atoms with E-state index < -0.39 is 6.04 Å². The maximum absolute atomic E-state index is 14.1. The molecular weight excluding hydrogens is 496 g/mol. The standard InChI is InChI=1S/C30H52N4O5/c1-22-19-34(23(2)21-35)30(37)26-18-25(32(6)7)14-15-27(26)39-24(3)12-9-10-17-38-28(22)20-33(8)29(36)13-11-16-31(4)5/h14-15,18,22-24,28,35H,9-13,16-17,19-21H2,1-8H3/t22-,23-,24+,28-/m1/s1. The molecule has 0 saturated carbocycles. The lowest BCUT2D eigenvalue weighted by molar-refractivity contribution is -0.132. The highest BCUT2D eigenvalue weighted by Gasteiger charge is 2.31. The molecule has 4 atom stereocenters. The van der Waals surface area contributed by atoms with Crippen LogP contribution < -0.4 is 9.64 Å². The van der Waals surface area contributed by atoms with Crippen molar-refractivity contribution in [1.82, 2.24) is 14.7 Å². The number of likely N-dealkylation sites (N-methyl/N-ethyl adjacent to an activating group) is 1. The third-order valence-electron chi connectivity index (χ3n) is 7.43. The molecule has 2 amide bonds. The number of nitrogens with zero attached hydrogens (tertiary/aromatic N) is 4. The molecular formula is C30H52N4O5. The number of fused-ring (bicyclic) bond motifs is 1. The fourth-order valence-corrected chi connectivity index (χ4v) is 4.76. The average molecular weight is 549 g/mol. The molecule has 1 aromatic carbocycles. The molecule has 0 bridgehead atoms. The molecule has 0 aromatic heterocycles. The number of hydrogen-bond acceptors (Lipinski definition) is 7. The zero-order chi connectivity index (χ0) is 29.1. The number of anilines is 1. The number of aliphatic hydroxyl groups is 1. The van der Waals surface area contributed by atoms with Gasteiger partial charge in [0.1, 0.15) is 5.75 Å². The summed E-state index contributed by atoms with van der Waals surface area (Å²) in [6, 6.07) is 5.30. The van der Waals surface area contributed by atoms with Crippen LogP contribution in [0.2, 0.25) is 0 Å². The summed E-state index contributed by atoms with van der Waals surface area (Å²) in [5.41, 5.74) is 1.39. The second kappa shape index (κ2) is 16.0. The van der Waals surface area contributed by atoms with E-state index in [4.69, 9.17) is 9.47 Å². The number of amides is 2. The van der Waals surface area contributed by atoms with Gasteiger partial charge in [-0.15, -0.1) is 0 Å². The monoisotopic (exact) mass is 548 g/mol. The maximum Gasteiger partial charge on any atom is 0.258 e. The fraction of sp³-hybridized carbons (Fsp3) is 0.733. The van der Waals surface area contributed by atoms with E-state index in [2.05, 4.69) is 11.8 Å². The van der Waals surface area contributed by atoms with Gasteiger partial charge in [0.15, 0.2) is 0 Å². The van der Waals surface area contributed by atoms with Crippen LogP contribution in [-0.2, 0) is 9.53 Å². The van der Waals surface area contributed by atoms with Gasteiger partial charge in [0.05, 0.1) is 30.4 Å². The van der Waals surface area contributed by atoms with Crippen molar-refractivity contribution in [2.45, 2.75) is 71.1 Å². The Kier molecular flexibility index (Phi) is 13.5. The van der Waals surface area contributed by atoms with Crippen LogP contribution in [0.1, 0.15) is 63.2 Å². The molecule has 0 radical (unpaired) electrons. The minimum Gasteiger partial charge on any atom is -0.490 e. The average Bonchev–Trinajstić information content (AvgIpc) is 2.89. The van der Waals surface area contributed by atoms with Crippen molar-refractivity contribution in [3.05, 3.63) is 23.8 Å². The Morgan fingerprint density at radius 2 is 1.87 bits per heavy atom. The molecule has 1 aromatic rings. The Balaban J connectivity index is 2.35. The summed E-state index contributed by atoms with van der Waals surface area (Å²) in [6.07, 6.45) is 3.67. The summed E-state index contributed by atoms with van der Waals surface area (Å²) in [7, 11) is 9.72. The van der Waals surface area contributed by atoms with E-state index in [9.17, 15) is 14.7 Å². The zero-order valence-corrected chi connectivity index (χ0v) is 25.5. The van der Waals surface area contributed by atoms with Crippen molar-refractivity contribution < 1.29 is 24.2 Å². The predicted octanol–water partition coefficient (Wildman–Crippen LogP) is 3.35. The van der Waals surface area contributed by atoms with Gasteiger partial charge in [-0.1, -0.05) is 6.92 Å². The number of benzene rings is 1. The van der Waals surface area contributed by atoms with Gasteiger partial charge >= 0.3 is 0 Å². The van der Waals surface area contributed by atoms with E-state index in [1.54, 1.807) is 9.80 Å². The second-order valence-corrected chi connectivity index (χ2v) is 11.6. The van der Waals surface area contributed by atoms with Gasteiger partial charge in [-0.3, -0.25) is 9.59 Å². The summed E-state index contributed by atoms with van der Waals surface area (Å²) in [6.45, 7) is 8.06. The third-order valence-corrected chi connectivity index (χ3v) is 7.43. The van der Waals surface area contributed by atoms with Gasteiger partial charge in [-0.25, -0.2) is 0 Å². The number of carbonyl (C=O) groups is 2. The summed E-state index contributed by atoms with van der Waals surface area (Å²) in [4.78, 5) is 34.4. The van der Waals surface area contributed by atoms with Crippen molar-refractivity contribution in [1.29, 1.82) is 0 Å². The first-order valence-electron chi connectivity index (χ1n) is 14.3. The van der Waals surface area contributed by atoms with Crippen LogP contribution in [0.15, 0.2) is 18.2 Å². The fourth-order valence-electron chi connectivity index (χ4n) is 4.76. The molecule has 222 valence electrons. The molecule has 1 aliphatic heterocycles. The van der Waals surface area contributed by atoms with E-state index in [0.717, 1.165) is 37.9 Å². The highest BCUT2D eigenvalue weighted by molar-refractivity contribution is 5.98. The van der Waals surface area contributed by atoms with Crippen LogP contribution in [0.5, 0.6) is 5.75 Å². The van der Waals surface area contributed by atoms with Gasteiger partial charge in [0, 0.05) is 58.9 Å². The van der Waals surface area contributed by atoms with Crippen LogP contribution in [-0.4, -0.2) is 118 Å². The molecule has 9 heteroatoms. The quantitative estimate of drug-likeness (QED) is 0.507. The van der Waals surface area contributed by atoms with Crippen LogP contribution in [0.3, 0.4) is 0 Å². The first-order chi connectivity index (χ1) is 18.4. The van der Waals surface area contributed by atoms with Crippen molar-refractivity contribution in [3.63, 3.8) is 0 Å². The molecule has 39 heavy (non-hydrogen) atoms. The molecule has 0 spiro atoms. The molecule has 9 nitrogen and oxygen atoms in total. The van der Waals surface area contributed by atoms with Crippen molar-refractivity contribution >= 4 is 17.5 Å². The SMILES string of the molecule is C[C@@H]1CN([C@H](C)CO)C(=O)c2cc(N(C)C)ccc2O[C@@H](C)CCCCO[C@@H]1CN(C)C(=O)CCCN(C)C. The van der Waals surface area contributed by atoms with Crippen molar-refractivity contribution in [2.24, 2.45) is 5.92 Å². The molecule has 1 N–H and O–H groups in total. The second-order valence-electron chi connectivity index (χ2n) is 11.6. The lowest BCUT2D eigenvalue weighted by Gasteiger charge is -2.36. The Bertz CT molecular complexity index is 909. The van der Waals surface area contributed by atoms with Crippen molar-refractivity contribution in [3.8, 4) is 5.75 Å². The summed E-state index contributed by atoms with van der Waals surface area (Å²) >= 11 is 0. The first-order valence-corrected chi connectivity index (χ1v) is 14.3.